The van der Waals surface area contributed by atoms with E-state index in [2.05, 4.69) is 10.2 Å². The molecule has 1 unspecified atom stereocenters. The molecule has 1 aromatic carbocycles. The van der Waals surface area contributed by atoms with E-state index in [9.17, 15) is 9.59 Å². The Bertz CT molecular complexity index is 635. The maximum Gasteiger partial charge on any atom is 0.305 e. The number of nitrogens with one attached hydrogen (secondary N) is 1. The number of rotatable bonds is 5. The fraction of sp³-hybridized carbons (Fsp3) is 0.357. The molecule has 6 heteroatoms. The zero-order chi connectivity index (χ0) is 14.7. The molecule has 1 heterocycles. The van der Waals surface area contributed by atoms with E-state index in [1.165, 1.54) is 0 Å². The van der Waals surface area contributed by atoms with Crippen LogP contribution in [0.15, 0.2) is 24.4 Å². The van der Waals surface area contributed by atoms with Gasteiger partial charge in [-0.25, -0.2) is 0 Å². The third-order valence-electron chi connectivity index (χ3n) is 3.29. The first-order valence-electron chi connectivity index (χ1n) is 6.48. The van der Waals surface area contributed by atoms with E-state index >= 15 is 0 Å². The zero-order valence-corrected chi connectivity index (χ0v) is 11.5. The van der Waals surface area contributed by atoms with Crippen molar-refractivity contribution < 1.29 is 14.7 Å². The molecule has 2 aromatic rings. The van der Waals surface area contributed by atoms with Gasteiger partial charge in [0.2, 0.25) is 0 Å². The summed E-state index contributed by atoms with van der Waals surface area (Å²) in [5.74, 6) is -1.08. The van der Waals surface area contributed by atoms with Crippen LogP contribution in [0.4, 0.5) is 0 Å². The number of carboxylic acids is 1. The molecule has 1 aromatic heterocycles. The highest BCUT2D eigenvalue weighted by molar-refractivity contribution is 5.98. The van der Waals surface area contributed by atoms with Gasteiger partial charge in [-0.3, -0.25) is 14.7 Å². The first kappa shape index (κ1) is 14.0. The molecule has 0 fully saturated rings. The minimum atomic E-state index is -0.909. The molecular weight excluding hydrogens is 258 g/mol. The van der Waals surface area contributed by atoms with Crippen molar-refractivity contribution in [3.8, 4) is 0 Å². The molecule has 0 bridgehead atoms. The smallest absolute Gasteiger partial charge is 0.305 e. The van der Waals surface area contributed by atoms with Gasteiger partial charge < -0.3 is 10.0 Å². The third kappa shape index (κ3) is 2.79. The van der Waals surface area contributed by atoms with Crippen LogP contribution in [0.1, 0.15) is 30.6 Å². The number of amides is 1. The van der Waals surface area contributed by atoms with Gasteiger partial charge >= 0.3 is 5.97 Å². The van der Waals surface area contributed by atoms with Crippen LogP contribution in [0.5, 0.6) is 0 Å². The normalized spacial score (nSPS) is 12.3. The molecule has 20 heavy (non-hydrogen) atoms. The van der Waals surface area contributed by atoms with Gasteiger partial charge in [0.1, 0.15) is 0 Å². The number of aliphatic carboxylic acids is 1. The van der Waals surface area contributed by atoms with Gasteiger partial charge in [0.25, 0.3) is 5.91 Å². The molecule has 0 aliphatic rings. The Morgan fingerprint density at radius 1 is 1.45 bits per heavy atom. The van der Waals surface area contributed by atoms with Crippen LogP contribution in [0, 0.1) is 0 Å². The van der Waals surface area contributed by atoms with E-state index in [4.69, 9.17) is 5.11 Å². The van der Waals surface area contributed by atoms with E-state index in [1.807, 2.05) is 13.0 Å². The van der Waals surface area contributed by atoms with Gasteiger partial charge in [-0.1, -0.05) is 6.07 Å². The second-order valence-corrected chi connectivity index (χ2v) is 4.71. The molecule has 0 aliphatic carbocycles. The van der Waals surface area contributed by atoms with Crippen molar-refractivity contribution in [2.24, 2.45) is 0 Å². The summed E-state index contributed by atoms with van der Waals surface area (Å²) in [6, 6.07) is 4.95. The van der Waals surface area contributed by atoms with Crippen LogP contribution in [-0.4, -0.2) is 44.7 Å². The van der Waals surface area contributed by atoms with Crippen LogP contribution >= 0.6 is 0 Å². The lowest BCUT2D eigenvalue weighted by Crippen LogP contribution is -2.39. The van der Waals surface area contributed by atoms with Crippen molar-refractivity contribution in [3.63, 3.8) is 0 Å². The summed E-state index contributed by atoms with van der Waals surface area (Å²) >= 11 is 0. The van der Waals surface area contributed by atoms with Crippen molar-refractivity contribution in [3.05, 3.63) is 30.0 Å². The van der Waals surface area contributed by atoms with E-state index in [-0.39, 0.29) is 18.4 Å². The van der Waals surface area contributed by atoms with Crippen LogP contribution in [0.25, 0.3) is 10.9 Å². The highest BCUT2D eigenvalue weighted by atomic mass is 16.4. The molecule has 0 radical (unpaired) electrons. The van der Waals surface area contributed by atoms with Gasteiger partial charge in [0, 0.05) is 23.5 Å². The predicted octanol–water partition coefficient (Wildman–Crippen LogP) is 1.89. The largest absolute Gasteiger partial charge is 0.481 e. The van der Waals surface area contributed by atoms with Crippen molar-refractivity contribution in [2.45, 2.75) is 26.3 Å². The average molecular weight is 275 g/mol. The van der Waals surface area contributed by atoms with Crippen molar-refractivity contribution >= 4 is 22.8 Å². The van der Waals surface area contributed by atoms with Crippen molar-refractivity contribution in [2.75, 3.05) is 6.54 Å². The fourth-order valence-electron chi connectivity index (χ4n) is 2.25. The summed E-state index contributed by atoms with van der Waals surface area (Å²) in [5, 5.41) is 16.5. The maximum atomic E-state index is 12.5. The lowest BCUT2D eigenvalue weighted by molar-refractivity contribution is -0.138. The minimum Gasteiger partial charge on any atom is -0.481 e. The van der Waals surface area contributed by atoms with Gasteiger partial charge in [-0.2, -0.15) is 5.10 Å². The third-order valence-corrected chi connectivity index (χ3v) is 3.29. The zero-order valence-electron chi connectivity index (χ0n) is 11.5. The number of carbonyl (C=O) groups is 2. The molecule has 0 saturated carbocycles. The first-order chi connectivity index (χ1) is 9.52. The van der Waals surface area contributed by atoms with E-state index in [0.717, 1.165) is 10.9 Å². The lowest BCUT2D eigenvalue weighted by atomic mass is 10.1. The van der Waals surface area contributed by atoms with Crippen molar-refractivity contribution in [1.29, 1.82) is 0 Å². The van der Waals surface area contributed by atoms with Crippen LogP contribution in [0.3, 0.4) is 0 Å². The Kier molecular flexibility index (Phi) is 4.02. The number of aromatic amines is 1. The number of carboxylic acid groups (broad SMARTS) is 1. The molecule has 2 rings (SSSR count). The summed E-state index contributed by atoms with van der Waals surface area (Å²) < 4.78 is 0. The van der Waals surface area contributed by atoms with Crippen LogP contribution in [-0.2, 0) is 4.79 Å². The SMILES string of the molecule is CCN(C(=O)c1ccc2cn[nH]c2c1)C(C)CC(=O)O. The fourth-order valence-corrected chi connectivity index (χ4v) is 2.25. The average Bonchev–Trinajstić information content (AvgIpc) is 2.85. The summed E-state index contributed by atoms with van der Waals surface area (Å²) in [4.78, 5) is 24.8. The lowest BCUT2D eigenvalue weighted by Gasteiger charge is -2.27. The molecule has 106 valence electrons. The van der Waals surface area contributed by atoms with Crippen molar-refractivity contribution in [1.82, 2.24) is 15.1 Å². The van der Waals surface area contributed by atoms with Crippen LogP contribution in [0.2, 0.25) is 0 Å². The van der Waals surface area contributed by atoms with E-state index in [0.29, 0.717) is 12.1 Å². The molecule has 0 saturated heterocycles. The Hall–Kier alpha value is -2.37. The molecular formula is C14H17N3O3. The Morgan fingerprint density at radius 2 is 2.20 bits per heavy atom. The van der Waals surface area contributed by atoms with E-state index in [1.54, 1.807) is 30.2 Å². The molecule has 0 aliphatic heterocycles. The molecule has 1 amide bonds. The Labute approximate surface area is 116 Å². The standard InChI is InChI=1S/C14H17N3O3/c1-3-17(9(2)6-13(18)19)14(20)10-4-5-11-8-15-16-12(11)7-10/h4-5,7-9H,3,6H2,1-2H3,(H,15,16)(H,18,19). The topological polar surface area (TPSA) is 86.3 Å². The number of nitrogens with zero attached hydrogens (tertiary/aromatic N) is 2. The van der Waals surface area contributed by atoms with Crippen LogP contribution < -0.4 is 0 Å². The molecule has 2 N–H and O–H groups in total. The van der Waals surface area contributed by atoms with Gasteiger partial charge in [0.15, 0.2) is 0 Å². The van der Waals surface area contributed by atoms with Gasteiger partial charge in [0.05, 0.1) is 18.1 Å². The number of hydrogen-bond acceptors (Lipinski definition) is 3. The summed E-state index contributed by atoms with van der Waals surface area (Å²) in [5.41, 5.74) is 1.32. The summed E-state index contributed by atoms with van der Waals surface area (Å²) in [7, 11) is 0. The second-order valence-electron chi connectivity index (χ2n) is 4.71. The Morgan fingerprint density at radius 3 is 2.85 bits per heavy atom. The van der Waals surface area contributed by atoms with Gasteiger partial charge in [-0.05, 0) is 26.0 Å². The number of aromatic nitrogens is 2. The number of carbonyl (C=O) groups excluding carboxylic acids is 1. The van der Waals surface area contributed by atoms with E-state index < -0.39 is 5.97 Å². The number of H-pyrrole nitrogens is 1. The minimum absolute atomic E-state index is 0.0636. The highest BCUT2D eigenvalue weighted by Crippen LogP contribution is 2.16. The predicted molar refractivity (Wildman–Crippen MR) is 74.5 cm³/mol. The summed E-state index contributed by atoms with van der Waals surface area (Å²) in [6.07, 6.45) is 1.63. The second kappa shape index (κ2) is 5.73. The van der Waals surface area contributed by atoms with Gasteiger partial charge in [-0.15, -0.1) is 0 Å². The molecule has 6 nitrogen and oxygen atoms in total. The number of benzene rings is 1. The Balaban J connectivity index is 2.24. The summed E-state index contributed by atoms with van der Waals surface area (Å²) in [6.45, 7) is 4.05. The number of hydrogen-bond donors (Lipinski definition) is 2. The maximum absolute atomic E-state index is 12.5. The monoisotopic (exact) mass is 275 g/mol. The molecule has 0 spiro atoms. The first-order valence-corrected chi connectivity index (χ1v) is 6.48. The molecule has 1 atom stereocenters. The quantitative estimate of drug-likeness (QED) is 0.872. The highest BCUT2D eigenvalue weighted by Gasteiger charge is 2.22. The number of fused-ring (bicyclic) bond motifs is 1.